The monoisotopic (exact) mass is 368 g/mol. The Balaban J connectivity index is 2.16. The Morgan fingerprint density at radius 1 is 1.07 bits per heavy atom. The maximum Gasteiger partial charge on any atom is 0.131 e. The minimum absolute atomic E-state index is 0.178. The fraction of sp³-hybridized carbons (Fsp3) is 0.520. The van der Waals surface area contributed by atoms with E-state index in [9.17, 15) is 4.39 Å². The van der Waals surface area contributed by atoms with Crippen molar-refractivity contribution in [2.75, 3.05) is 7.11 Å². The standard InChI is InChI=1S/C25H33FO/c1-17(2)14-18-9-11-20(22-16-19(27-5)10-12-24(22)26)21(15-18)23-8-6-7-13-25(23,3)4/h9-12,15-17,23H,6-8,13-14H2,1-5H3/t23-/m1/s1. The van der Waals surface area contributed by atoms with Gasteiger partial charge in [0.05, 0.1) is 7.11 Å². The lowest BCUT2D eigenvalue weighted by Gasteiger charge is -2.40. The predicted molar refractivity (Wildman–Crippen MR) is 112 cm³/mol. The molecule has 0 N–H and O–H groups in total. The van der Waals surface area contributed by atoms with Crippen molar-refractivity contribution in [2.24, 2.45) is 11.3 Å². The highest BCUT2D eigenvalue weighted by molar-refractivity contribution is 5.71. The fourth-order valence-corrected chi connectivity index (χ4v) is 4.65. The van der Waals surface area contributed by atoms with Crippen molar-refractivity contribution in [3.63, 3.8) is 0 Å². The molecule has 1 atom stereocenters. The van der Waals surface area contributed by atoms with E-state index in [0.717, 1.165) is 12.0 Å². The van der Waals surface area contributed by atoms with Gasteiger partial charge in [0.15, 0.2) is 0 Å². The number of ether oxygens (including phenoxy) is 1. The molecule has 1 aliphatic rings. The van der Waals surface area contributed by atoms with E-state index in [2.05, 4.69) is 45.9 Å². The van der Waals surface area contributed by atoms with Crippen molar-refractivity contribution in [1.29, 1.82) is 0 Å². The molecule has 0 bridgehead atoms. The highest BCUT2D eigenvalue weighted by Gasteiger charge is 2.35. The van der Waals surface area contributed by atoms with Crippen LogP contribution < -0.4 is 4.74 Å². The molecule has 1 fully saturated rings. The van der Waals surface area contributed by atoms with Gasteiger partial charge in [-0.3, -0.25) is 0 Å². The highest BCUT2D eigenvalue weighted by Crippen LogP contribution is 2.49. The molecule has 1 nitrogen and oxygen atoms in total. The summed E-state index contributed by atoms with van der Waals surface area (Å²) in [5, 5.41) is 0. The first-order chi connectivity index (χ1) is 12.8. The molecular formula is C25H33FO. The average Bonchev–Trinajstić information content (AvgIpc) is 2.61. The predicted octanol–water partition coefficient (Wildman–Crippen LogP) is 7.38. The lowest BCUT2D eigenvalue weighted by Crippen LogP contribution is -2.26. The summed E-state index contributed by atoms with van der Waals surface area (Å²) in [6.45, 7) is 9.25. The quantitative estimate of drug-likeness (QED) is 0.535. The van der Waals surface area contributed by atoms with Crippen LogP contribution in [0.3, 0.4) is 0 Å². The van der Waals surface area contributed by atoms with Gasteiger partial charge in [-0.05, 0) is 71.4 Å². The molecule has 0 aliphatic heterocycles. The van der Waals surface area contributed by atoms with Gasteiger partial charge in [0.25, 0.3) is 0 Å². The second kappa shape index (κ2) is 8.04. The molecule has 0 unspecified atom stereocenters. The minimum Gasteiger partial charge on any atom is -0.497 e. The highest BCUT2D eigenvalue weighted by atomic mass is 19.1. The Hall–Kier alpha value is -1.83. The van der Waals surface area contributed by atoms with Crippen LogP contribution in [0.2, 0.25) is 0 Å². The molecule has 27 heavy (non-hydrogen) atoms. The molecule has 3 rings (SSSR count). The van der Waals surface area contributed by atoms with Crippen molar-refractivity contribution in [2.45, 2.75) is 65.7 Å². The van der Waals surface area contributed by atoms with E-state index < -0.39 is 0 Å². The zero-order valence-corrected chi connectivity index (χ0v) is 17.4. The van der Waals surface area contributed by atoms with Gasteiger partial charge in [0, 0.05) is 5.56 Å². The van der Waals surface area contributed by atoms with Gasteiger partial charge in [-0.1, -0.05) is 58.7 Å². The molecule has 1 saturated carbocycles. The van der Waals surface area contributed by atoms with Crippen molar-refractivity contribution in [3.05, 3.63) is 53.3 Å². The molecule has 0 radical (unpaired) electrons. The van der Waals surface area contributed by atoms with Gasteiger partial charge in [-0.15, -0.1) is 0 Å². The Morgan fingerprint density at radius 2 is 1.85 bits per heavy atom. The number of methoxy groups -OCH3 is 1. The number of halogens is 1. The normalized spacial score (nSPS) is 19.3. The van der Waals surface area contributed by atoms with Crippen molar-refractivity contribution >= 4 is 0 Å². The maximum atomic E-state index is 14.8. The van der Waals surface area contributed by atoms with Crippen LogP contribution in [0.1, 0.15) is 70.4 Å². The number of hydrogen-bond acceptors (Lipinski definition) is 1. The molecule has 146 valence electrons. The number of benzene rings is 2. The first kappa shape index (κ1) is 19.9. The van der Waals surface area contributed by atoms with Crippen LogP contribution in [0.15, 0.2) is 36.4 Å². The molecule has 2 aromatic carbocycles. The third-order valence-electron chi connectivity index (χ3n) is 6.11. The van der Waals surface area contributed by atoms with Gasteiger partial charge in [-0.25, -0.2) is 4.39 Å². The second-order valence-electron chi connectivity index (χ2n) is 9.15. The molecular weight excluding hydrogens is 335 g/mol. The zero-order valence-electron chi connectivity index (χ0n) is 17.4. The van der Waals surface area contributed by atoms with Gasteiger partial charge in [0.1, 0.15) is 11.6 Å². The summed E-state index contributed by atoms with van der Waals surface area (Å²) in [5.74, 6) is 1.59. The lowest BCUT2D eigenvalue weighted by atomic mass is 9.65. The van der Waals surface area contributed by atoms with E-state index >= 15 is 0 Å². The zero-order chi connectivity index (χ0) is 19.6. The molecule has 0 amide bonds. The number of hydrogen-bond donors (Lipinski definition) is 0. The van der Waals surface area contributed by atoms with E-state index in [4.69, 9.17) is 4.74 Å². The van der Waals surface area contributed by atoms with Gasteiger partial charge in [0.2, 0.25) is 0 Å². The summed E-state index contributed by atoms with van der Waals surface area (Å²) in [7, 11) is 1.63. The van der Waals surface area contributed by atoms with Gasteiger partial charge < -0.3 is 4.74 Å². The van der Waals surface area contributed by atoms with Crippen molar-refractivity contribution in [1.82, 2.24) is 0 Å². The first-order valence-electron chi connectivity index (χ1n) is 10.3. The number of rotatable bonds is 5. The van der Waals surface area contributed by atoms with E-state index in [0.29, 0.717) is 23.1 Å². The lowest BCUT2D eigenvalue weighted by molar-refractivity contribution is 0.200. The van der Waals surface area contributed by atoms with Crippen LogP contribution in [0.25, 0.3) is 11.1 Å². The topological polar surface area (TPSA) is 9.23 Å². The summed E-state index contributed by atoms with van der Waals surface area (Å²) in [6.07, 6.45) is 6.00. The fourth-order valence-electron chi connectivity index (χ4n) is 4.65. The molecule has 0 spiro atoms. The summed E-state index contributed by atoms with van der Waals surface area (Å²) >= 11 is 0. The molecule has 2 aromatic rings. The Kier molecular flexibility index (Phi) is 5.93. The van der Waals surface area contributed by atoms with Gasteiger partial charge in [-0.2, -0.15) is 0 Å². The van der Waals surface area contributed by atoms with Crippen LogP contribution in [0.4, 0.5) is 4.39 Å². The van der Waals surface area contributed by atoms with Crippen molar-refractivity contribution < 1.29 is 9.13 Å². The van der Waals surface area contributed by atoms with Crippen molar-refractivity contribution in [3.8, 4) is 16.9 Å². The van der Waals surface area contributed by atoms with E-state index in [1.54, 1.807) is 13.2 Å². The average molecular weight is 369 g/mol. The van der Waals surface area contributed by atoms with E-state index in [-0.39, 0.29) is 11.2 Å². The maximum absolute atomic E-state index is 14.8. The molecule has 1 aliphatic carbocycles. The summed E-state index contributed by atoms with van der Waals surface area (Å²) in [5.41, 5.74) is 4.58. The van der Waals surface area contributed by atoms with Crippen LogP contribution in [0.5, 0.6) is 5.75 Å². The Bertz CT molecular complexity index is 791. The SMILES string of the molecule is COc1ccc(F)c(-c2ccc(CC(C)C)cc2[C@H]2CCCCC2(C)C)c1. The summed E-state index contributed by atoms with van der Waals surface area (Å²) < 4.78 is 20.2. The molecule has 2 heteroatoms. The first-order valence-corrected chi connectivity index (χ1v) is 10.3. The largest absolute Gasteiger partial charge is 0.497 e. The van der Waals surface area contributed by atoms with Gasteiger partial charge >= 0.3 is 0 Å². The van der Waals surface area contributed by atoms with Crippen LogP contribution in [-0.4, -0.2) is 7.11 Å². The van der Waals surface area contributed by atoms with Crippen LogP contribution >= 0.6 is 0 Å². The van der Waals surface area contributed by atoms with E-state index in [1.165, 1.54) is 42.9 Å². The second-order valence-corrected chi connectivity index (χ2v) is 9.15. The Morgan fingerprint density at radius 3 is 2.52 bits per heavy atom. The summed E-state index contributed by atoms with van der Waals surface area (Å²) in [4.78, 5) is 0. The molecule has 0 saturated heterocycles. The summed E-state index contributed by atoms with van der Waals surface area (Å²) in [6, 6.07) is 11.7. The molecule has 0 aromatic heterocycles. The third-order valence-corrected chi connectivity index (χ3v) is 6.11. The third kappa shape index (κ3) is 4.36. The molecule has 0 heterocycles. The van der Waals surface area contributed by atoms with Crippen LogP contribution in [-0.2, 0) is 6.42 Å². The van der Waals surface area contributed by atoms with E-state index in [1.807, 2.05) is 6.07 Å². The Labute approximate surface area is 164 Å². The van der Waals surface area contributed by atoms with Crippen LogP contribution in [0, 0.1) is 17.2 Å². The smallest absolute Gasteiger partial charge is 0.131 e. The minimum atomic E-state index is -0.178.